The Hall–Kier alpha value is -2.46. The summed E-state index contributed by atoms with van der Waals surface area (Å²) in [5.74, 6) is -1.44. The van der Waals surface area contributed by atoms with E-state index in [0.29, 0.717) is 13.0 Å². The van der Waals surface area contributed by atoms with E-state index < -0.39 is 17.8 Å². The van der Waals surface area contributed by atoms with Crippen LogP contribution in [0.15, 0.2) is 18.2 Å². The number of likely N-dealkylation sites (tertiary alicyclic amines) is 1. The van der Waals surface area contributed by atoms with E-state index in [9.17, 15) is 14.0 Å². The molecule has 0 saturated carbocycles. The van der Waals surface area contributed by atoms with Gasteiger partial charge in [0.1, 0.15) is 11.9 Å². The molecule has 0 aromatic heterocycles. The second kappa shape index (κ2) is 6.54. The third-order valence-corrected chi connectivity index (χ3v) is 3.52. The number of hydrogen-bond acceptors (Lipinski definition) is 4. The number of rotatable bonds is 3. The molecule has 2 atom stereocenters. The van der Waals surface area contributed by atoms with Gasteiger partial charge < -0.3 is 16.0 Å². The molecule has 22 heavy (non-hydrogen) atoms. The molecule has 1 heterocycles. The molecule has 0 bridgehead atoms. The number of amides is 2. The van der Waals surface area contributed by atoms with E-state index in [-0.39, 0.29) is 29.6 Å². The van der Waals surface area contributed by atoms with E-state index in [4.69, 9.17) is 11.0 Å². The van der Waals surface area contributed by atoms with Crippen molar-refractivity contribution in [1.82, 2.24) is 10.2 Å². The van der Waals surface area contributed by atoms with Gasteiger partial charge in [0.15, 0.2) is 0 Å². The minimum atomic E-state index is -0.670. The second-order valence-corrected chi connectivity index (χ2v) is 5.20. The molecular weight excluding hydrogens is 287 g/mol. The van der Waals surface area contributed by atoms with Crippen LogP contribution in [0, 0.1) is 17.1 Å². The number of nitrogens with zero attached hydrogens (tertiary/aromatic N) is 2. The molecule has 2 rings (SSSR count). The number of carbonyl (C=O) groups excluding carboxylic acids is 2. The van der Waals surface area contributed by atoms with Gasteiger partial charge in [-0.25, -0.2) is 4.39 Å². The van der Waals surface area contributed by atoms with E-state index in [0.717, 1.165) is 12.1 Å². The standard InChI is InChI=1S/C15H17FN4O2/c1-2-19-14(21)13-6-12(18)8-20(13)15(22)10-3-9(7-17)4-11(16)5-10/h3-5,12-13H,2,6,8,18H2,1H3,(H,19,21)/t12-,13-/m0/s1. The Labute approximate surface area is 127 Å². The number of halogens is 1. The van der Waals surface area contributed by atoms with Crippen LogP contribution in [-0.4, -0.2) is 41.9 Å². The topological polar surface area (TPSA) is 99.2 Å². The lowest BCUT2D eigenvalue weighted by Gasteiger charge is -2.23. The van der Waals surface area contributed by atoms with Gasteiger partial charge in [-0.05, 0) is 31.5 Å². The highest BCUT2D eigenvalue weighted by Crippen LogP contribution is 2.21. The molecule has 6 nitrogen and oxygen atoms in total. The highest BCUT2D eigenvalue weighted by atomic mass is 19.1. The molecule has 116 valence electrons. The van der Waals surface area contributed by atoms with Crippen LogP contribution in [0.1, 0.15) is 29.3 Å². The fraction of sp³-hybridized carbons (Fsp3) is 0.400. The van der Waals surface area contributed by atoms with Gasteiger partial charge in [0, 0.05) is 24.7 Å². The Bertz CT molecular complexity index is 641. The van der Waals surface area contributed by atoms with Crippen molar-refractivity contribution in [3.63, 3.8) is 0 Å². The van der Waals surface area contributed by atoms with Crippen LogP contribution < -0.4 is 11.1 Å². The zero-order valence-corrected chi connectivity index (χ0v) is 12.2. The second-order valence-electron chi connectivity index (χ2n) is 5.20. The summed E-state index contributed by atoms with van der Waals surface area (Å²) >= 11 is 0. The molecule has 3 N–H and O–H groups in total. The molecule has 2 amide bonds. The Morgan fingerprint density at radius 1 is 1.50 bits per heavy atom. The zero-order chi connectivity index (χ0) is 16.3. The molecule has 1 fully saturated rings. The van der Waals surface area contributed by atoms with Crippen molar-refractivity contribution in [3.05, 3.63) is 35.1 Å². The molecule has 1 aromatic carbocycles. The Kier molecular flexibility index (Phi) is 4.73. The van der Waals surface area contributed by atoms with Crippen LogP contribution in [0.2, 0.25) is 0 Å². The monoisotopic (exact) mass is 304 g/mol. The third kappa shape index (κ3) is 3.23. The summed E-state index contributed by atoms with van der Waals surface area (Å²) in [6, 6.07) is 4.24. The minimum absolute atomic E-state index is 0.0416. The lowest BCUT2D eigenvalue weighted by molar-refractivity contribution is -0.124. The van der Waals surface area contributed by atoms with E-state index in [1.165, 1.54) is 11.0 Å². The number of nitrogens with two attached hydrogens (primary N) is 1. The number of benzene rings is 1. The van der Waals surface area contributed by atoms with Gasteiger partial charge in [-0.15, -0.1) is 0 Å². The van der Waals surface area contributed by atoms with Crippen molar-refractivity contribution in [2.75, 3.05) is 13.1 Å². The fourth-order valence-electron chi connectivity index (χ4n) is 2.58. The van der Waals surface area contributed by atoms with Gasteiger partial charge in [-0.3, -0.25) is 9.59 Å². The first kappa shape index (κ1) is 15.9. The average Bonchev–Trinajstić information content (AvgIpc) is 2.88. The molecule has 1 aliphatic rings. The first-order valence-electron chi connectivity index (χ1n) is 7.01. The smallest absolute Gasteiger partial charge is 0.254 e. The van der Waals surface area contributed by atoms with Gasteiger partial charge in [0.25, 0.3) is 5.91 Å². The van der Waals surface area contributed by atoms with Crippen LogP contribution in [0.5, 0.6) is 0 Å². The summed E-state index contributed by atoms with van der Waals surface area (Å²) in [4.78, 5) is 25.9. The highest BCUT2D eigenvalue weighted by molar-refractivity contribution is 5.98. The molecule has 0 unspecified atom stereocenters. The third-order valence-electron chi connectivity index (χ3n) is 3.52. The number of nitriles is 1. The number of carbonyl (C=O) groups is 2. The van der Waals surface area contributed by atoms with Crippen molar-refractivity contribution >= 4 is 11.8 Å². The molecular formula is C15H17FN4O2. The van der Waals surface area contributed by atoms with Crippen molar-refractivity contribution in [3.8, 4) is 6.07 Å². The Morgan fingerprint density at radius 2 is 2.23 bits per heavy atom. The fourth-order valence-corrected chi connectivity index (χ4v) is 2.58. The number of nitrogens with one attached hydrogen (secondary N) is 1. The largest absolute Gasteiger partial charge is 0.355 e. The summed E-state index contributed by atoms with van der Waals surface area (Å²) in [7, 11) is 0. The summed E-state index contributed by atoms with van der Waals surface area (Å²) < 4.78 is 13.5. The number of hydrogen-bond donors (Lipinski definition) is 2. The molecule has 7 heteroatoms. The predicted octanol–water partition coefficient (Wildman–Crippen LogP) is 0.375. The summed E-state index contributed by atoms with van der Waals surface area (Å²) in [5, 5.41) is 11.5. The summed E-state index contributed by atoms with van der Waals surface area (Å²) in [5.41, 5.74) is 5.95. The molecule has 0 aliphatic carbocycles. The van der Waals surface area contributed by atoms with E-state index in [1.54, 1.807) is 13.0 Å². The van der Waals surface area contributed by atoms with E-state index >= 15 is 0 Å². The van der Waals surface area contributed by atoms with Gasteiger partial charge in [-0.2, -0.15) is 5.26 Å². The number of likely N-dealkylation sites (N-methyl/N-ethyl adjacent to an activating group) is 1. The maximum Gasteiger partial charge on any atom is 0.254 e. The quantitative estimate of drug-likeness (QED) is 0.843. The first-order chi connectivity index (χ1) is 10.5. The maximum absolute atomic E-state index is 13.5. The molecule has 1 saturated heterocycles. The van der Waals surface area contributed by atoms with Crippen LogP contribution in [0.3, 0.4) is 0 Å². The van der Waals surface area contributed by atoms with Gasteiger partial charge in [0.2, 0.25) is 5.91 Å². The van der Waals surface area contributed by atoms with Crippen LogP contribution >= 0.6 is 0 Å². The van der Waals surface area contributed by atoms with Gasteiger partial charge >= 0.3 is 0 Å². The molecule has 0 spiro atoms. The lowest BCUT2D eigenvalue weighted by atomic mass is 10.1. The van der Waals surface area contributed by atoms with Gasteiger partial charge in [0.05, 0.1) is 11.6 Å². The average molecular weight is 304 g/mol. The summed E-state index contributed by atoms with van der Waals surface area (Å²) in [6.07, 6.45) is 0.359. The predicted molar refractivity (Wildman–Crippen MR) is 77.2 cm³/mol. The molecule has 1 aromatic rings. The SMILES string of the molecule is CCNC(=O)[C@@H]1C[C@H](N)CN1C(=O)c1cc(F)cc(C#N)c1. The van der Waals surface area contributed by atoms with Crippen molar-refractivity contribution < 1.29 is 14.0 Å². The normalized spacial score (nSPS) is 20.5. The Balaban J connectivity index is 2.29. The maximum atomic E-state index is 13.5. The van der Waals surface area contributed by atoms with Crippen molar-refractivity contribution in [2.45, 2.75) is 25.4 Å². The first-order valence-corrected chi connectivity index (χ1v) is 7.01. The summed E-state index contributed by atoms with van der Waals surface area (Å²) in [6.45, 7) is 2.45. The lowest BCUT2D eigenvalue weighted by Crippen LogP contribution is -2.46. The zero-order valence-electron chi connectivity index (χ0n) is 12.2. The van der Waals surface area contributed by atoms with Crippen LogP contribution in [-0.2, 0) is 4.79 Å². The van der Waals surface area contributed by atoms with E-state index in [1.807, 2.05) is 0 Å². The van der Waals surface area contributed by atoms with E-state index in [2.05, 4.69) is 5.32 Å². The van der Waals surface area contributed by atoms with Crippen LogP contribution in [0.25, 0.3) is 0 Å². The molecule has 0 radical (unpaired) electrons. The molecule has 1 aliphatic heterocycles. The van der Waals surface area contributed by atoms with Crippen LogP contribution in [0.4, 0.5) is 4.39 Å². The Morgan fingerprint density at radius 3 is 2.86 bits per heavy atom. The minimum Gasteiger partial charge on any atom is -0.355 e. The van der Waals surface area contributed by atoms with Crippen molar-refractivity contribution in [1.29, 1.82) is 5.26 Å². The van der Waals surface area contributed by atoms with Crippen molar-refractivity contribution in [2.24, 2.45) is 5.73 Å². The van der Waals surface area contributed by atoms with Gasteiger partial charge in [-0.1, -0.05) is 0 Å². The highest BCUT2D eigenvalue weighted by Gasteiger charge is 2.38.